The molecule has 94 valence electrons. The van der Waals surface area contributed by atoms with Gasteiger partial charge in [-0.15, -0.1) is 0 Å². The van der Waals surface area contributed by atoms with Gasteiger partial charge in [0, 0.05) is 0 Å². The first-order chi connectivity index (χ1) is 8.45. The van der Waals surface area contributed by atoms with E-state index in [1.54, 1.807) is 0 Å². The highest BCUT2D eigenvalue weighted by atomic mass is 16.6. The first-order valence-electron chi connectivity index (χ1n) is 6.60. The molecule has 1 aliphatic rings. The first-order valence-corrected chi connectivity index (χ1v) is 6.60. The number of hydrogen-bond donors (Lipinski definition) is 1. The minimum absolute atomic E-state index is 0.780. The van der Waals surface area contributed by atoms with Gasteiger partial charge in [0.25, 0.3) is 0 Å². The van der Waals surface area contributed by atoms with Crippen LogP contribution < -0.4 is 5.48 Å². The van der Waals surface area contributed by atoms with Crippen molar-refractivity contribution in [3.8, 4) is 0 Å². The molecule has 1 N–H and O–H groups in total. The highest BCUT2D eigenvalue weighted by Gasteiger charge is 2.09. The molecule has 1 aromatic carbocycles. The summed E-state index contributed by atoms with van der Waals surface area (Å²) in [6.07, 6.45) is 5.12. The maximum absolute atomic E-state index is 5.42. The maximum atomic E-state index is 5.42. The molecule has 1 heterocycles. The third-order valence-electron chi connectivity index (χ3n) is 3.13. The molecule has 1 aromatic rings. The zero-order valence-corrected chi connectivity index (χ0v) is 10.4. The van der Waals surface area contributed by atoms with E-state index in [1.807, 2.05) is 30.3 Å². The van der Waals surface area contributed by atoms with Gasteiger partial charge in [-0.1, -0.05) is 18.2 Å². The van der Waals surface area contributed by atoms with Crippen molar-refractivity contribution in [2.45, 2.75) is 25.7 Å². The molecule has 0 unspecified atom stereocenters. The lowest BCUT2D eigenvalue weighted by Gasteiger charge is -2.13. The van der Waals surface area contributed by atoms with E-state index in [9.17, 15) is 0 Å². The van der Waals surface area contributed by atoms with Gasteiger partial charge >= 0.3 is 0 Å². The molecule has 0 spiro atoms. The second-order valence-corrected chi connectivity index (χ2v) is 4.57. The Kier molecular flexibility index (Phi) is 5.33. The summed E-state index contributed by atoms with van der Waals surface area (Å²) < 4.78 is 0. The normalized spacial score (nSPS) is 16.2. The lowest BCUT2D eigenvalue weighted by Crippen LogP contribution is -2.20. The van der Waals surface area contributed by atoms with Crippen LogP contribution in [0.25, 0.3) is 0 Å². The molecular weight excluding hydrogens is 212 g/mol. The Morgan fingerprint density at radius 2 is 1.82 bits per heavy atom. The lowest BCUT2D eigenvalue weighted by atomic mass is 10.3. The SMILES string of the molecule is c1ccc(NOCCCCN2CCCC2)cc1. The summed E-state index contributed by atoms with van der Waals surface area (Å²) in [5.41, 5.74) is 3.98. The van der Waals surface area contributed by atoms with Gasteiger partial charge < -0.3 is 4.90 Å². The van der Waals surface area contributed by atoms with Gasteiger partial charge in [0.15, 0.2) is 0 Å². The Labute approximate surface area is 104 Å². The van der Waals surface area contributed by atoms with E-state index < -0.39 is 0 Å². The van der Waals surface area contributed by atoms with Crippen LogP contribution in [0.1, 0.15) is 25.7 Å². The van der Waals surface area contributed by atoms with E-state index >= 15 is 0 Å². The van der Waals surface area contributed by atoms with Crippen LogP contribution in [-0.4, -0.2) is 31.1 Å². The third kappa shape index (κ3) is 4.75. The van der Waals surface area contributed by atoms with Gasteiger partial charge in [-0.25, -0.2) is 0 Å². The Morgan fingerprint density at radius 1 is 1.06 bits per heavy atom. The highest BCUT2D eigenvalue weighted by Crippen LogP contribution is 2.08. The molecule has 0 bridgehead atoms. The summed E-state index contributed by atoms with van der Waals surface area (Å²) in [4.78, 5) is 7.96. The van der Waals surface area contributed by atoms with Gasteiger partial charge in [0.1, 0.15) is 0 Å². The first kappa shape index (κ1) is 12.4. The molecule has 17 heavy (non-hydrogen) atoms. The van der Waals surface area contributed by atoms with E-state index in [0.717, 1.165) is 18.7 Å². The van der Waals surface area contributed by atoms with Crippen molar-refractivity contribution in [1.82, 2.24) is 4.90 Å². The Morgan fingerprint density at radius 3 is 2.59 bits per heavy atom. The van der Waals surface area contributed by atoms with Crippen LogP contribution in [0.4, 0.5) is 5.69 Å². The predicted molar refractivity (Wildman–Crippen MR) is 70.9 cm³/mol. The summed E-state index contributed by atoms with van der Waals surface area (Å²) in [5.74, 6) is 0. The molecule has 3 heteroatoms. The molecular formula is C14H22N2O. The van der Waals surface area contributed by atoms with Crippen molar-refractivity contribution in [2.24, 2.45) is 0 Å². The second kappa shape index (κ2) is 7.30. The van der Waals surface area contributed by atoms with Gasteiger partial charge in [-0.05, 0) is 57.5 Å². The van der Waals surface area contributed by atoms with Crippen LogP contribution in [0.2, 0.25) is 0 Å². The number of benzene rings is 1. The summed E-state index contributed by atoms with van der Waals surface area (Å²) in [5, 5.41) is 0. The third-order valence-corrected chi connectivity index (χ3v) is 3.13. The van der Waals surface area contributed by atoms with E-state index in [0.29, 0.717) is 0 Å². The Balaban J connectivity index is 1.46. The standard InChI is InChI=1S/C14H22N2O/c1-2-8-14(9-3-1)15-17-13-7-6-12-16-10-4-5-11-16/h1-3,8-9,15H,4-7,10-13H2. The van der Waals surface area contributed by atoms with E-state index in [2.05, 4.69) is 10.4 Å². The average Bonchev–Trinajstić information content (AvgIpc) is 2.88. The molecule has 0 aliphatic carbocycles. The van der Waals surface area contributed by atoms with Crippen molar-refractivity contribution >= 4 is 5.69 Å². The molecule has 1 aliphatic heterocycles. The second-order valence-electron chi connectivity index (χ2n) is 4.57. The molecule has 0 atom stereocenters. The summed E-state index contributed by atoms with van der Waals surface area (Å²) >= 11 is 0. The minimum atomic E-state index is 0.780. The molecule has 2 rings (SSSR count). The number of nitrogens with one attached hydrogen (secondary N) is 1. The molecule has 0 aromatic heterocycles. The largest absolute Gasteiger partial charge is 0.303 e. The number of para-hydroxylation sites is 1. The molecule has 3 nitrogen and oxygen atoms in total. The van der Waals surface area contributed by atoms with Crippen molar-refractivity contribution in [2.75, 3.05) is 31.7 Å². The van der Waals surface area contributed by atoms with Crippen LogP contribution in [0, 0.1) is 0 Å². The van der Waals surface area contributed by atoms with Crippen molar-refractivity contribution in [3.63, 3.8) is 0 Å². The van der Waals surface area contributed by atoms with Crippen molar-refractivity contribution in [1.29, 1.82) is 0 Å². The molecule has 0 amide bonds. The number of likely N-dealkylation sites (tertiary alicyclic amines) is 1. The van der Waals surface area contributed by atoms with Gasteiger partial charge in [-0.2, -0.15) is 0 Å². The number of hydrogen-bond acceptors (Lipinski definition) is 3. The number of unbranched alkanes of at least 4 members (excludes halogenated alkanes) is 1. The molecule has 0 saturated carbocycles. The van der Waals surface area contributed by atoms with E-state index in [4.69, 9.17) is 4.84 Å². The molecule has 1 saturated heterocycles. The van der Waals surface area contributed by atoms with Crippen LogP contribution in [0.3, 0.4) is 0 Å². The van der Waals surface area contributed by atoms with Crippen molar-refractivity contribution in [3.05, 3.63) is 30.3 Å². The van der Waals surface area contributed by atoms with Crippen LogP contribution >= 0.6 is 0 Å². The Hall–Kier alpha value is -1.06. The van der Waals surface area contributed by atoms with Crippen LogP contribution in [0.15, 0.2) is 30.3 Å². The summed E-state index contributed by atoms with van der Waals surface area (Å²) in [7, 11) is 0. The molecule has 0 radical (unpaired) electrons. The summed E-state index contributed by atoms with van der Waals surface area (Å²) in [6.45, 7) is 4.60. The van der Waals surface area contributed by atoms with E-state index in [-0.39, 0.29) is 0 Å². The number of nitrogens with zero attached hydrogens (tertiary/aromatic N) is 1. The quantitative estimate of drug-likeness (QED) is 0.580. The van der Waals surface area contributed by atoms with Gasteiger partial charge in [-0.3, -0.25) is 10.3 Å². The topological polar surface area (TPSA) is 24.5 Å². The fourth-order valence-electron chi connectivity index (χ4n) is 2.16. The number of anilines is 1. The lowest BCUT2D eigenvalue weighted by molar-refractivity contribution is 0.183. The molecule has 1 fully saturated rings. The van der Waals surface area contributed by atoms with Gasteiger partial charge in [0.2, 0.25) is 0 Å². The smallest absolute Gasteiger partial charge is 0.0746 e. The fourth-order valence-corrected chi connectivity index (χ4v) is 2.16. The summed E-state index contributed by atoms with van der Waals surface area (Å²) in [6, 6.07) is 10.0. The van der Waals surface area contributed by atoms with Crippen LogP contribution in [-0.2, 0) is 4.84 Å². The number of rotatable bonds is 7. The van der Waals surface area contributed by atoms with Crippen molar-refractivity contribution < 1.29 is 4.84 Å². The van der Waals surface area contributed by atoms with Crippen LogP contribution in [0.5, 0.6) is 0 Å². The zero-order chi connectivity index (χ0) is 11.8. The fraction of sp³-hybridized carbons (Fsp3) is 0.571. The maximum Gasteiger partial charge on any atom is 0.0746 e. The highest BCUT2D eigenvalue weighted by molar-refractivity contribution is 5.39. The minimum Gasteiger partial charge on any atom is -0.303 e. The predicted octanol–water partition coefficient (Wildman–Crippen LogP) is 2.91. The van der Waals surface area contributed by atoms with E-state index in [1.165, 1.54) is 38.9 Å². The Bertz CT molecular complexity index is 296. The average molecular weight is 234 g/mol. The van der Waals surface area contributed by atoms with Gasteiger partial charge in [0.05, 0.1) is 12.3 Å². The zero-order valence-electron chi connectivity index (χ0n) is 10.4. The monoisotopic (exact) mass is 234 g/mol.